The lowest BCUT2D eigenvalue weighted by molar-refractivity contribution is -0.143. The number of aliphatic carboxylic acids is 1. The number of carbonyl (C=O) groups excluding carboxylic acids is 14. The number of benzene rings is 1. The molecule has 0 saturated carbocycles. The maximum absolute atomic E-state index is 14.5. The van der Waals surface area contributed by atoms with Crippen LogP contribution in [0.25, 0.3) is 0 Å². The number of hydrogen-bond donors (Lipinski definition) is 22. The summed E-state index contributed by atoms with van der Waals surface area (Å²) in [5.74, 6) is -17.1. The largest absolute Gasteiger partial charge is 0.508 e. The van der Waals surface area contributed by atoms with Gasteiger partial charge in [0.1, 0.15) is 72.2 Å². The number of fused-ring (bicyclic) bond motifs is 1. The number of amides is 14. The van der Waals surface area contributed by atoms with Crippen molar-refractivity contribution in [2.24, 2.45) is 33.7 Å². The molecule has 2 aromatic rings. The van der Waals surface area contributed by atoms with E-state index in [2.05, 4.69) is 98.7 Å². The molecule has 0 spiro atoms. The van der Waals surface area contributed by atoms with Gasteiger partial charge in [0.25, 0.3) is 0 Å². The molecule has 4 rings (SSSR count). The minimum atomic E-state index is -1.70. The number of carboxylic acids is 1. The van der Waals surface area contributed by atoms with E-state index in [-0.39, 0.29) is 92.7 Å². The molecule has 97 heavy (non-hydrogen) atoms. The Labute approximate surface area is 573 Å². The smallest absolute Gasteiger partial charge is 0.303 e. The average Bonchev–Trinajstić information content (AvgIpc) is 1.76. The fourth-order valence-corrected chi connectivity index (χ4v) is 12.2. The van der Waals surface area contributed by atoms with Crippen molar-refractivity contribution >= 4 is 141 Å². The summed E-state index contributed by atoms with van der Waals surface area (Å²) in [6, 6.07) is -12.8. The zero-order valence-electron chi connectivity index (χ0n) is 52.3. The van der Waals surface area contributed by atoms with Crippen LogP contribution in [0, 0.1) is 0 Å². The number of aromatic amines is 1. The number of hydrogen-bond acceptors (Lipinski definition) is 24. The first-order chi connectivity index (χ1) is 45.9. The van der Waals surface area contributed by atoms with Crippen molar-refractivity contribution in [1.82, 2.24) is 73.4 Å². The number of carbonyl (C=O) groups is 15. The van der Waals surface area contributed by atoms with Gasteiger partial charge in [-0.15, -0.1) is 0 Å². The minimum absolute atomic E-state index is 0.0140. The number of aliphatic hydroxyl groups is 1. The van der Waals surface area contributed by atoms with Crippen molar-refractivity contribution in [3.8, 4) is 5.75 Å². The molecule has 0 bridgehead atoms. The normalized spacial score (nSPS) is 20.6. The summed E-state index contributed by atoms with van der Waals surface area (Å²) < 4.78 is 0. The van der Waals surface area contributed by atoms with Gasteiger partial charge in [-0.1, -0.05) is 33.7 Å². The molecule has 25 N–H and O–H groups in total. The van der Waals surface area contributed by atoms with Crippen LogP contribution in [0.2, 0.25) is 0 Å². The van der Waals surface area contributed by atoms with E-state index in [4.69, 9.17) is 28.7 Å². The molecule has 2 saturated heterocycles. The number of thiol groups is 2. The molecule has 1 aromatic heterocycles. The number of primary amides is 2. The van der Waals surface area contributed by atoms with Crippen LogP contribution in [-0.4, -0.2) is 247 Å². The maximum Gasteiger partial charge on any atom is 0.303 e. The Bertz CT molecular complexity index is 3170. The standard InChI is InChI=1S/C55H82N20O18S4/c1-25-44(83)73-37(22-96-97-23-38(74-45(84)29(56)10-11-42(80)81)52(91)72-36(21-95)51(90)69-33(16-40(57)78)54(93)75-13-3-5-39(75)53(92)65-25)46(85)63-18-41(79)66-30(4-2-12-62-55(59)60)47(86)68-32(15-27-17-61-24-64-27)49(88)67-31(14-26-6-8-28(77)9-7-26)48(87)70-34(19-76)50(89)71-35(20-94)43(58)82/h6-9,17,24-25,29-39,76-77,94-95H,2-5,10-16,18-23,56H2,1H3,(H2,57,78)(H2,58,82)(H,61,64)(H,63,85)(H,65,92)(H,66,79)(H,67,88)(H,68,86)(H,69,90)(H,70,87)(H,71,89)(H,72,91)(H,73,83)(H,74,84)(H,80,81)(H4,59,60,62)/t25-,29-,30-,31-,32-,33-,34-,35-,36?,37-,38-,39-/m0/s1. The van der Waals surface area contributed by atoms with E-state index in [1.54, 1.807) is 0 Å². The molecule has 0 aliphatic carbocycles. The highest BCUT2D eigenvalue weighted by Gasteiger charge is 2.41. The van der Waals surface area contributed by atoms with Gasteiger partial charge in [0.2, 0.25) is 82.7 Å². The summed E-state index contributed by atoms with van der Waals surface area (Å²) in [4.78, 5) is 214. The number of nitrogens with zero attached hydrogens (tertiary/aromatic N) is 3. The molecule has 1 unspecified atom stereocenters. The molecular weight excluding hydrogens is 1360 g/mol. The monoisotopic (exact) mass is 1440 g/mol. The average molecular weight is 1440 g/mol. The number of rotatable bonds is 31. The maximum atomic E-state index is 14.5. The number of aromatic nitrogens is 2. The highest BCUT2D eigenvalue weighted by atomic mass is 33.1. The van der Waals surface area contributed by atoms with Gasteiger partial charge in [-0.3, -0.25) is 76.9 Å². The first-order valence-electron chi connectivity index (χ1n) is 30.0. The van der Waals surface area contributed by atoms with Crippen LogP contribution < -0.4 is 87.2 Å². The molecule has 38 nitrogen and oxygen atoms in total. The highest BCUT2D eigenvalue weighted by Crippen LogP contribution is 2.24. The summed E-state index contributed by atoms with van der Waals surface area (Å²) in [6.45, 7) is -0.764. The number of imidazole rings is 1. The van der Waals surface area contributed by atoms with Gasteiger partial charge >= 0.3 is 5.97 Å². The van der Waals surface area contributed by atoms with Crippen LogP contribution in [-0.2, 0) is 84.8 Å². The highest BCUT2D eigenvalue weighted by molar-refractivity contribution is 8.76. The topological polar surface area (TPSA) is 623 Å². The Kier molecular flexibility index (Phi) is 33.5. The number of aliphatic imine (C=N–C) groups is 1. The molecule has 1 aromatic carbocycles. The molecule has 2 aliphatic heterocycles. The number of phenolic OH excluding ortho intramolecular Hbond substituents is 1. The Morgan fingerprint density at radius 1 is 0.742 bits per heavy atom. The van der Waals surface area contributed by atoms with Gasteiger partial charge in [0.05, 0.1) is 31.9 Å². The van der Waals surface area contributed by atoms with Crippen LogP contribution >= 0.6 is 46.8 Å². The molecule has 3 heterocycles. The Hall–Kier alpha value is -9.13. The lowest BCUT2D eigenvalue weighted by atomic mass is 10.0. The molecule has 2 aliphatic rings. The van der Waals surface area contributed by atoms with Crippen LogP contribution in [0.15, 0.2) is 41.8 Å². The summed E-state index contributed by atoms with van der Waals surface area (Å²) >= 11 is 8.17. The Morgan fingerprint density at radius 2 is 1.36 bits per heavy atom. The van der Waals surface area contributed by atoms with Crippen LogP contribution in [0.3, 0.4) is 0 Å². The predicted molar refractivity (Wildman–Crippen MR) is 354 cm³/mol. The van der Waals surface area contributed by atoms with E-state index >= 15 is 0 Å². The fourth-order valence-electron chi connectivity index (χ4n) is 9.30. The molecule has 14 amide bonds. The van der Waals surface area contributed by atoms with E-state index in [0.29, 0.717) is 5.56 Å². The molecular formula is C55H82N20O18S4. The van der Waals surface area contributed by atoms with Crippen molar-refractivity contribution in [3.05, 3.63) is 48.0 Å². The van der Waals surface area contributed by atoms with Crippen LogP contribution in [0.5, 0.6) is 5.75 Å². The van der Waals surface area contributed by atoms with Crippen molar-refractivity contribution in [2.45, 2.75) is 137 Å². The van der Waals surface area contributed by atoms with Gasteiger partial charge in [0, 0.05) is 67.3 Å². The van der Waals surface area contributed by atoms with E-state index < -0.39 is 193 Å². The van der Waals surface area contributed by atoms with Gasteiger partial charge in [0.15, 0.2) is 5.96 Å². The number of guanidine groups is 1. The molecule has 42 heteroatoms. The Morgan fingerprint density at radius 3 is 1.96 bits per heavy atom. The van der Waals surface area contributed by atoms with Crippen LogP contribution in [0.1, 0.15) is 63.1 Å². The lowest BCUT2D eigenvalue weighted by Gasteiger charge is -2.30. The number of nitrogens with one attached hydrogen (secondary N) is 12. The van der Waals surface area contributed by atoms with Crippen LogP contribution in [0.4, 0.5) is 0 Å². The molecule has 534 valence electrons. The third-order valence-electron chi connectivity index (χ3n) is 14.5. The second kappa shape index (κ2) is 40.4. The molecule has 12 atom stereocenters. The number of H-pyrrole nitrogens is 1. The Balaban J connectivity index is 1.64. The van der Waals surface area contributed by atoms with Crippen molar-refractivity contribution in [1.29, 1.82) is 0 Å². The number of aromatic hydroxyl groups is 1. The fraction of sp³-hybridized carbons (Fsp3) is 0.545. The minimum Gasteiger partial charge on any atom is -0.508 e. The number of aliphatic hydroxyl groups excluding tert-OH is 1. The predicted octanol–water partition coefficient (Wildman–Crippen LogP) is -9.27. The summed E-state index contributed by atoms with van der Waals surface area (Å²) in [5.41, 5.74) is 28.4. The second-order valence-corrected chi connectivity index (χ2v) is 25.4. The zero-order chi connectivity index (χ0) is 72.1. The zero-order valence-corrected chi connectivity index (χ0v) is 55.7. The third-order valence-corrected chi connectivity index (χ3v) is 17.7. The number of carboxylic acid groups (broad SMARTS) is 1. The van der Waals surface area contributed by atoms with Crippen molar-refractivity contribution < 1.29 is 87.2 Å². The number of nitrogens with two attached hydrogens (primary N) is 5. The van der Waals surface area contributed by atoms with E-state index in [9.17, 15) is 87.2 Å². The summed E-state index contributed by atoms with van der Waals surface area (Å²) in [5, 5.41) is 56.1. The van der Waals surface area contributed by atoms with Crippen molar-refractivity contribution in [2.75, 3.05) is 49.3 Å². The summed E-state index contributed by atoms with van der Waals surface area (Å²) in [7, 11) is 1.68. The van der Waals surface area contributed by atoms with Gasteiger partial charge < -0.3 is 112 Å². The quantitative estimate of drug-likeness (QED) is 0.0110. The van der Waals surface area contributed by atoms with Gasteiger partial charge in [-0.2, -0.15) is 25.3 Å². The van der Waals surface area contributed by atoms with Gasteiger partial charge in [-0.25, -0.2) is 4.98 Å². The van der Waals surface area contributed by atoms with Gasteiger partial charge in [-0.05, 0) is 56.7 Å². The second-order valence-electron chi connectivity index (χ2n) is 22.1. The summed E-state index contributed by atoms with van der Waals surface area (Å²) in [6.07, 6.45) is 0.424. The third kappa shape index (κ3) is 27.1. The van der Waals surface area contributed by atoms with Crippen molar-refractivity contribution in [3.63, 3.8) is 0 Å². The SMILES string of the molecule is C[C@@H]1NC(=O)[C@@H]2CCCN2C(=O)[C@H](CC(N)=O)NC(=O)C(CS)NC(=O)[C@@H](NC(=O)[C@@H](N)CCC(=O)O)CSSC[C@@H](C(=O)NCC(=O)N[C@@H](CCCN=C(N)N)C(=O)N[C@@H](Cc2cnc[nH]2)C(=O)N[C@@H](Cc2ccc(O)cc2)C(=O)N[C@@H](CO)C(=O)N[C@@H](CS)C(N)=O)NC1=O. The molecule has 2 fully saturated rings. The first kappa shape index (κ1) is 80.3. The lowest BCUT2D eigenvalue weighted by Crippen LogP contribution is -2.61. The van der Waals surface area contributed by atoms with E-state index in [1.165, 1.54) is 43.7 Å². The first-order valence-corrected chi connectivity index (χ1v) is 33.7. The number of phenols is 1. The van der Waals surface area contributed by atoms with E-state index in [1.807, 2.05) is 0 Å². The molecule has 0 radical (unpaired) electrons. The van der Waals surface area contributed by atoms with E-state index in [0.717, 1.165) is 26.5 Å².